The van der Waals surface area contributed by atoms with Crippen LogP contribution in [-0.2, 0) is 10.0 Å². The molecule has 9 heteroatoms. The Balaban J connectivity index is 1.65. The van der Waals surface area contributed by atoms with Gasteiger partial charge >= 0.3 is 0 Å². The van der Waals surface area contributed by atoms with Crippen molar-refractivity contribution in [2.45, 2.75) is 12.5 Å². The number of benzene rings is 2. The van der Waals surface area contributed by atoms with Crippen LogP contribution in [0.15, 0.2) is 76.4 Å². The molecule has 0 aliphatic carbocycles. The van der Waals surface area contributed by atoms with Crippen molar-refractivity contribution in [3.8, 4) is 0 Å². The van der Waals surface area contributed by atoms with Gasteiger partial charge in [-0.15, -0.1) is 0 Å². The molecule has 4 rings (SSSR count). The molecule has 30 heavy (non-hydrogen) atoms. The normalized spacial score (nSPS) is 16.4. The zero-order valence-corrected chi connectivity index (χ0v) is 16.8. The molecule has 0 unspecified atom stereocenters. The van der Waals surface area contributed by atoms with Crippen molar-refractivity contribution < 1.29 is 22.0 Å². The Hall–Kier alpha value is -3.46. The van der Waals surface area contributed by atoms with Gasteiger partial charge in [0.2, 0.25) is 10.0 Å². The summed E-state index contributed by atoms with van der Waals surface area (Å²) >= 11 is 0. The van der Waals surface area contributed by atoms with Crippen LogP contribution in [0.25, 0.3) is 0 Å². The number of nitrogens with one attached hydrogen (secondary N) is 1. The van der Waals surface area contributed by atoms with Gasteiger partial charge in [0.15, 0.2) is 0 Å². The standard InChI is InChI=1S/C21H18FN3O4S/c1-30(27,28)24-17-10-6-14(7-11-17)18-13-19(20-3-2-12-29-20)25(23-18)21(26)15-4-8-16(22)9-5-15/h2-12,19,24H,13H2,1H3/t19-/m0/s1. The number of hydrogen-bond acceptors (Lipinski definition) is 5. The van der Waals surface area contributed by atoms with Crippen LogP contribution in [-0.4, -0.2) is 31.3 Å². The van der Waals surface area contributed by atoms with Gasteiger partial charge in [0.05, 0.1) is 18.2 Å². The number of carbonyl (C=O) groups is 1. The molecule has 2 aromatic carbocycles. The zero-order chi connectivity index (χ0) is 21.3. The predicted molar refractivity (Wildman–Crippen MR) is 110 cm³/mol. The molecule has 1 aliphatic heterocycles. The largest absolute Gasteiger partial charge is 0.467 e. The summed E-state index contributed by atoms with van der Waals surface area (Å²) in [6.45, 7) is 0. The maximum atomic E-state index is 13.2. The van der Waals surface area contributed by atoms with Gasteiger partial charge in [-0.2, -0.15) is 5.10 Å². The molecule has 1 aromatic heterocycles. The molecule has 2 heterocycles. The predicted octanol–water partition coefficient (Wildman–Crippen LogP) is 3.78. The minimum atomic E-state index is -3.37. The van der Waals surface area contributed by atoms with Crippen molar-refractivity contribution >= 4 is 27.3 Å². The van der Waals surface area contributed by atoms with Crippen molar-refractivity contribution in [1.29, 1.82) is 0 Å². The second-order valence-corrected chi connectivity index (χ2v) is 8.64. The van der Waals surface area contributed by atoms with Gasteiger partial charge in [-0.3, -0.25) is 9.52 Å². The highest BCUT2D eigenvalue weighted by Crippen LogP contribution is 2.34. The fourth-order valence-corrected chi connectivity index (χ4v) is 3.81. The Morgan fingerprint density at radius 2 is 1.83 bits per heavy atom. The second-order valence-electron chi connectivity index (χ2n) is 6.89. The molecule has 3 aromatic rings. The first-order valence-electron chi connectivity index (χ1n) is 9.08. The molecular weight excluding hydrogens is 409 g/mol. The Kier molecular flexibility index (Phi) is 5.13. The third-order valence-electron chi connectivity index (χ3n) is 4.60. The molecule has 1 atom stereocenters. The monoisotopic (exact) mass is 427 g/mol. The van der Waals surface area contributed by atoms with Crippen LogP contribution in [0.5, 0.6) is 0 Å². The third kappa shape index (κ3) is 4.25. The number of furan rings is 1. The summed E-state index contributed by atoms with van der Waals surface area (Å²) in [5.74, 6) is -0.219. The topological polar surface area (TPSA) is 92.0 Å². The number of carbonyl (C=O) groups excluding carboxylic acids is 1. The second kappa shape index (κ2) is 7.75. The lowest BCUT2D eigenvalue weighted by molar-refractivity contribution is 0.0693. The number of amides is 1. The van der Waals surface area contributed by atoms with E-state index in [4.69, 9.17) is 4.42 Å². The number of rotatable bonds is 5. The van der Waals surface area contributed by atoms with Crippen molar-refractivity contribution in [3.63, 3.8) is 0 Å². The van der Waals surface area contributed by atoms with Gasteiger partial charge in [0, 0.05) is 17.7 Å². The van der Waals surface area contributed by atoms with Crippen LogP contribution in [0, 0.1) is 5.82 Å². The quantitative estimate of drug-likeness (QED) is 0.671. The molecule has 0 fully saturated rings. The minimum Gasteiger partial charge on any atom is -0.467 e. The molecule has 0 spiro atoms. The van der Waals surface area contributed by atoms with Crippen LogP contribution in [0.1, 0.15) is 34.1 Å². The van der Waals surface area contributed by atoms with E-state index in [1.54, 1.807) is 36.4 Å². The van der Waals surface area contributed by atoms with Gasteiger partial charge in [0.1, 0.15) is 17.6 Å². The van der Waals surface area contributed by atoms with Crippen LogP contribution in [0.4, 0.5) is 10.1 Å². The van der Waals surface area contributed by atoms with Crippen LogP contribution < -0.4 is 4.72 Å². The number of anilines is 1. The molecule has 7 nitrogen and oxygen atoms in total. The Morgan fingerprint density at radius 1 is 1.13 bits per heavy atom. The first-order valence-corrected chi connectivity index (χ1v) is 11.0. The summed E-state index contributed by atoms with van der Waals surface area (Å²) in [5, 5.41) is 5.84. The van der Waals surface area contributed by atoms with Gasteiger partial charge in [-0.1, -0.05) is 12.1 Å². The number of hydrogen-bond donors (Lipinski definition) is 1. The first kappa shape index (κ1) is 19.8. The van der Waals surface area contributed by atoms with E-state index in [2.05, 4.69) is 9.82 Å². The smallest absolute Gasteiger partial charge is 0.274 e. The lowest BCUT2D eigenvalue weighted by atomic mass is 10.0. The molecular formula is C21H18FN3O4S. The minimum absolute atomic E-state index is 0.311. The Morgan fingerprint density at radius 3 is 2.43 bits per heavy atom. The number of sulfonamides is 1. The lowest BCUT2D eigenvalue weighted by Crippen LogP contribution is -2.26. The third-order valence-corrected chi connectivity index (χ3v) is 5.21. The number of nitrogens with zero attached hydrogens (tertiary/aromatic N) is 2. The summed E-state index contributed by atoms with van der Waals surface area (Å²) < 4.78 is 43.9. The van der Waals surface area contributed by atoms with Gasteiger partial charge in [-0.05, 0) is 54.1 Å². The summed E-state index contributed by atoms with van der Waals surface area (Å²) in [6.07, 6.45) is 3.02. The molecule has 1 aliphatic rings. The van der Waals surface area contributed by atoms with Crippen molar-refractivity contribution in [1.82, 2.24) is 5.01 Å². The van der Waals surface area contributed by atoms with Crippen LogP contribution >= 0.6 is 0 Å². The molecule has 1 amide bonds. The van der Waals surface area contributed by atoms with Crippen molar-refractivity contribution in [2.24, 2.45) is 5.10 Å². The summed E-state index contributed by atoms with van der Waals surface area (Å²) in [5.41, 5.74) is 2.14. The highest BCUT2D eigenvalue weighted by Gasteiger charge is 2.35. The fraction of sp³-hybridized carbons (Fsp3) is 0.143. The average molecular weight is 427 g/mol. The van der Waals surface area contributed by atoms with Crippen LogP contribution in [0.2, 0.25) is 0 Å². The highest BCUT2D eigenvalue weighted by molar-refractivity contribution is 7.92. The van der Waals surface area contributed by atoms with Crippen molar-refractivity contribution in [2.75, 3.05) is 11.0 Å². The molecule has 1 N–H and O–H groups in total. The Labute approximate surface area is 172 Å². The first-order chi connectivity index (χ1) is 14.3. The van der Waals surface area contributed by atoms with Crippen molar-refractivity contribution in [3.05, 3.63) is 89.6 Å². The van der Waals surface area contributed by atoms with Crippen LogP contribution in [0.3, 0.4) is 0 Å². The fourth-order valence-electron chi connectivity index (χ4n) is 3.24. The maximum Gasteiger partial charge on any atom is 0.274 e. The molecule has 0 saturated carbocycles. The van der Waals surface area contributed by atoms with E-state index < -0.39 is 21.9 Å². The van der Waals surface area contributed by atoms with E-state index in [-0.39, 0.29) is 5.91 Å². The van der Waals surface area contributed by atoms with Gasteiger partial charge in [-0.25, -0.2) is 17.8 Å². The lowest BCUT2D eigenvalue weighted by Gasteiger charge is -2.19. The summed E-state index contributed by atoms with van der Waals surface area (Å²) in [4.78, 5) is 13.0. The van der Waals surface area contributed by atoms with Gasteiger partial charge in [0.25, 0.3) is 5.91 Å². The zero-order valence-electron chi connectivity index (χ0n) is 15.9. The summed E-state index contributed by atoms with van der Waals surface area (Å²) in [7, 11) is -3.37. The van der Waals surface area contributed by atoms with E-state index in [1.165, 1.54) is 35.5 Å². The molecule has 0 radical (unpaired) electrons. The molecule has 154 valence electrons. The number of hydrazone groups is 1. The van der Waals surface area contributed by atoms with E-state index in [9.17, 15) is 17.6 Å². The average Bonchev–Trinajstić information content (AvgIpc) is 3.37. The molecule has 0 saturated heterocycles. The Bertz CT molecular complexity index is 1190. The van der Waals surface area contributed by atoms with E-state index in [0.717, 1.165) is 11.8 Å². The number of halogens is 1. The maximum absolute atomic E-state index is 13.2. The SMILES string of the molecule is CS(=O)(=O)Nc1ccc(C2=NN(C(=O)c3ccc(F)cc3)[C@H](c3ccco3)C2)cc1. The van der Waals surface area contributed by atoms with E-state index in [0.29, 0.717) is 29.1 Å². The highest BCUT2D eigenvalue weighted by atomic mass is 32.2. The van der Waals surface area contributed by atoms with E-state index >= 15 is 0 Å². The summed E-state index contributed by atoms with van der Waals surface area (Å²) in [6, 6.07) is 15.1. The van der Waals surface area contributed by atoms with Gasteiger partial charge < -0.3 is 4.42 Å². The molecule has 0 bridgehead atoms. The van der Waals surface area contributed by atoms with E-state index in [1.807, 2.05) is 0 Å².